The number of methoxy groups -OCH3 is 2. The van der Waals surface area contributed by atoms with Crippen molar-refractivity contribution in [2.45, 2.75) is 6.42 Å². The maximum atomic E-state index is 11.7. The molecule has 0 spiro atoms. The van der Waals surface area contributed by atoms with Crippen molar-refractivity contribution in [1.82, 2.24) is 20.6 Å². The van der Waals surface area contributed by atoms with Crippen molar-refractivity contribution in [2.75, 3.05) is 14.2 Å². The average Bonchev–Trinajstić information content (AvgIpc) is 2.58. The summed E-state index contributed by atoms with van der Waals surface area (Å²) in [6.07, 6.45) is 0.929. The van der Waals surface area contributed by atoms with E-state index in [0.29, 0.717) is 5.56 Å². The second kappa shape index (κ2) is 7.77. The van der Waals surface area contributed by atoms with E-state index in [9.17, 15) is 19.5 Å². The minimum atomic E-state index is -0.762. The molecule has 132 valence electrons. The number of hydrazone groups is 1. The molecule has 1 aromatic heterocycles. The Kier molecular flexibility index (Phi) is 5.50. The SMILES string of the molecule is COc1cc(/C=N/NC(=O)Cc2n[nH]c(=O)[nH]c2=O)cc(OC)c1O. The highest BCUT2D eigenvalue weighted by Crippen LogP contribution is 2.36. The zero-order chi connectivity index (χ0) is 18.4. The molecule has 2 aromatic rings. The van der Waals surface area contributed by atoms with E-state index < -0.39 is 17.2 Å². The van der Waals surface area contributed by atoms with E-state index >= 15 is 0 Å². The van der Waals surface area contributed by atoms with Gasteiger partial charge in [-0.1, -0.05) is 0 Å². The van der Waals surface area contributed by atoms with Crippen LogP contribution in [0, 0.1) is 0 Å². The minimum absolute atomic E-state index is 0.153. The van der Waals surface area contributed by atoms with Gasteiger partial charge in [0, 0.05) is 5.56 Å². The zero-order valence-corrected chi connectivity index (χ0v) is 13.3. The van der Waals surface area contributed by atoms with Gasteiger partial charge in [0.2, 0.25) is 11.7 Å². The Bertz CT molecular complexity index is 891. The number of phenolic OH excluding ortho intramolecular Hbond substituents is 1. The number of hydrogen-bond donors (Lipinski definition) is 4. The molecule has 0 aliphatic heterocycles. The predicted molar refractivity (Wildman–Crippen MR) is 86.1 cm³/mol. The Morgan fingerprint density at radius 3 is 2.52 bits per heavy atom. The quantitative estimate of drug-likeness (QED) is 0.379. The highest BCUT2D eigenvalue weighted by Gasteiger charge is 2.11. The number of hydrogen-bond acceptors (Lipinski definition) is 8. The van der Waals surface area contributed by atoms with Crippen LogP contribution in [-0.4, -0.2) is 46.6 Å². The van der Waals surface area contributed by atoms with Crippen LogP contribution in [0.25, 0.3) is 0 Å². The second-order valence-corrected chi connectivity index (χ2v) is 4.70. The smallest absolute Gasteiger partial charge is 0.342 e. The molecule has 0 saturated heterocycles. The summed E-state index contributed by atoms with van der Waals surface area (Å²) < 4.78 is 10.0. The van der Waals surface area contributed by atoms with Crippen LogP contribution in [0.3, 0.4) is 0 Å². The molecular formula is C14H15N5O6. The van der Waals surface area contributed by atoms with Crippen LogP contribution in [-0.2, 0) is 11.2 Å². The highest BCUT2D eigenvalue weighted by molar-refractivity contribution is 5.84. The zero-order valence-electron chi connectivity index (χ0n) is 13.3. The second-order valence-electron chi connectivity index (χ2n) is 4.70. The van der Waals surface area contributed by atoms with Gasteiger partial charge in [-0.15, -0.1) is 0 Å². The molecule has 0 unspecified atom stereocenters. The molecule has 0 fully saturated rings. The number of carbonyl (C=O) groups excluding carboxylic acids is 1. The number of aromatic hydroxyl groups is 1. The Morgan fingerprint density at radius 1 is 1.32 bits per heavy atom. The van der Waals surface area contributed by atoms with Gasteiger partial charge in [0.1, 0.15) is 5.69 Å². The summed E-state index contributed by atoms with van der Waals surface area (Å²) >= 11 is 0. The fourth-order valence-corrected chi connectivity index (χ4v) is 1.85. The number of phenols is 1. The molecule has 0 aliphatic carbocycles. The topological polar surface area (TPSA) is 159 Å². The van der Waals surface area contributed by atoms with E-state index in [-0.39, 0.29) is 29.4 Å². The van der Waals surface area contributed by atoms with E-state index in [1.165, 1.54) is 32.6 Å². The maximum absolute atomic E-state index is 11.7. The Hall–Kier alpha value is -3.63. The lowest BCUT2D eigenvalue weighted by Gasteiger charge is -2.09. The molecule has 0 radical (unpaired) electrons. The molecule has 1 heterocycles. The van der Waals surface area contributed by atoms with Gasteiger partial charge in [0.25, 0.3) is 5.56 Å². The van der Waals surface area contributed by atoms with Crippen LogP contribution in [0.4, 0.5) is 0 Å². The van der Waals surface area contributed by atoms with Crippen LogP contribution >= 0.6 is 0 Å². The van der Waals surface area contributed by atoms with Gasteiger partial charge < -0.3 is 14.6 Å². The van der Waals surface area contributed by atoms with Crippen molar-refractivity contribution >= 4 is 12.1 Å². The van der Waals surface area contributed by atoms with E-state index in [0.717, 1.165) is 0 Å². The van der Waals surface area contributed by atoms with Crippen LogP contribution in [0.5, 0.6) is 17.2 Å². The molecule has 11 heteroatoms. The number of H-pyrrole nitrogens is 2. The number of rotatable bonds is 6. The van der Waals surface area contributed by atoms with Gasteiger partial charge in [0.15, 0.2) is 11.5 Å². The normalized spacial score (nSPS) is 10.6. The standard InChI is InChI=1S/C14H15N5O6/c1-24-9-3-7(4-10(25-2)12(9)21)6-15-18-11(20)5-8-13(22)16-14(23)19-17-8/h3-4,6,21H,5H2,1-2H3,(H,18,20)(H2,16,19,22,23)/b15-6+. The first kappa shape index (κ1) is 17.7. The molecule has 0 aliphatic rings. The number of ether oxygens (including phenoxy) is 2. The molecule has 1 aromatic carbocycles. The molecule has 25 heavy (non-hydrogen) atoms. The number of carbonyl (C=O) groups is 1. The maximum Gasteiger partial charge on any atom is 0.342 e. The highest BCUT2D eigenvalue weighted by atomic mass is 16.5. The lowest BCUT2D eigenvalue weighted by molar-refractivity contribution is -0.120. The third kappa shape index (κ3) is 4.43. The summed E-state index contributed by atoms with van der Waals surface area (Å²) in [5, 5.41) is 19.1. The first-order chi connectivity index (χ1) is 11.9. The van der Waals surface area contributed by atoms with Gasteiger partial charge >= 0.3 is 5.69 Å². The monoisotopic (exact) mass is 349 g/mol. The third-order valence-electron chi connectivity index (χ3n) is 3.01. The van der Waals surface area contributed by atoms with E-state index in [1.54, 1.807) is 0 Å². The van der Waals surface area contributed by atoms with E-state index in [2.05, 4.69) is 15.6 Å². The number of nitrogens with zero attached hydrogens (tertiary/aromatic N) is 2. The fourth-order valence-electron chi connectivity index (χ4n) is 1.85. The molecule has 0 saturated carbocycles. The Morgan fingerprint density at radius 2 is 1.96 bits per heavy atom. The lowest BCUT2D eigenvalue weighted by atomic mass is 10.2. The summed E-state index contributed by atoms with van der Waals surface area (Å²) in [4.78, 5) is 36.0. The Balaban J connectivity index is 2.06. The van der Waals surface area contributed by atoms with Crippen LogP contribution < -0.4 is 26.1 Å². The summed E-state index contributed by atoms with van der Waals surface area (Å²) in [7, 11) is 2.76. The lowest BCUT2D eigenvalue weighted by Crippen LogP contribution is -2.31. The van der Waals surface area contributed by atoms with Crippen molar-refractivity contribution in [1.29, 1.82) is 0 Å². The molecule has 2 rings (SSSR count). The Labute approximate surface area is 140 Å². The van der Waals surface area contributed by atoms with E-state index in [4.69, 9.17) is 9.47 Å². The molecule has 1 amide bonds. The first-order valence-electron chi connectivity index (χ1n) is 6.89. The summed E-state index contributed by atoms with van der Waals surface area (Å²) in [6.45, 7) is 0. The van der Waals surface area contributed by atoms with Gasteiger partial charge in [-0.05, 0) is 12.1 Å². The van der Waals surface area contributed by atoms with Gasteiger partial charge in [-0.3, -0.25) is 14.6 Å². The van der Waals surface area contributed by atoms with Gasteiger partial charge in [-0.25, -0.2) is 15.3 Å². The summed E-state index contributed by atoms with van der Waals surface area (Å²) in [5.41, 5.74) is 1.04. The average molecular weight is 349 g/mol. The molecule has 0 bridgehead atoms. The van der Waals surface area contributed by atoms with Crippen molar-refractivity contribution in [3.8, 4) is 17.2 Å². The van der Waals surface area contributed by atoms with Gasteiger partial charge in [0.05, 0.1) is 26.9 Å². The van der Waals surface area contributed by atoms with Crippen molar-refractivity contribution in [2.24, 2.45) is 5.10 Å². The van der Waals surface area contributed by atoms with Crippen molar-refractivity contribution < 1.29 is 19.4 Å². The fraction of sp³-hybridized carbons (Fsp3) is 0.214. The number of amides is 1. The number of benzene rings is 1. The summed E-state index contributed by atoms with van der Waals surface area (Å²) in [6, 6.07) is 2.98. The first-order valence-corrected chi connectivity index (χ1v) is 6.89. The minimum Gasteiger partial charge on any atom is -0.502 e. The van der Waals surface area contributed by atoms with Gasteiger partial charge in [-0.2, -0.15) is 10.2 Å². The molecule has 11 nitrogen and oxygen atoms in total. The van der Waals surface area contributed by atoms with Crippen molar-refractivity contribution in [3.63, 3.8) is 0 Å². The molecule has 0 atom stereocenters. The summed E-state index contributed by atoms with van der Waals surface area (Å²) in [5.74, 6) is -0.416. The van der Waals surface area contributed by atoms with Crippen LogP contribution in [0.2, 0.25) is 0 Å². The van der Waals surface area contributed by atoms with Crippen LogP contribution in [0.1, 0.15) is 11.3 Å². The van der Waals surface area contributed by atoms with Crippen molar-refractivity contribution in [3.05, 3.63) is 44.2 Å². The largest absolute Gasteiger partial charge is 0.502 e. The van der Waals surface area contributed by atoms with E-state index in [1.807, 2.05) is 10.1 Å². The third-order valence-corrected chi connectivity index (χ3v) is 3.01. The molecule has 4 N–H and O–H groups in total. The number of aromatic nitrogens is 3. The van der Waals surface area contributed by atoms with Crippen LogP contribution in [0.15, 0.2) is 26.8 Å². The number of aromatic amines is 2. The molecular weight excluding hydrogens is 334 g/mol. The predicted octanol–water partition coefficient (Wildman–Crippen LogP) is -1.13. The number of nitrogens with one attached hydrogen (secondary N) is 3.